The molecule has 3 aromatic rings. The van der Waals surface area contributed by atoms with E-state index in [2.05, 4.69) is 15.1 Å². The number of ether oxygens (including phenoxy) is 2. The van der Waals surface area contributed by atoms with Gasteiger partial charge in [-0.05, 0) is 31.4 Å². The fourth-order valence-electron chi connectivity index (χ4n) is 3.23. The lowest BCUT2D eigenvalue weighted by Crippen LogP contribution is -2.24. The van der Waals surface area contributed by atoms with Gasteiger partial charge in [-0.2, -0.15) is 0 Å². The van der Waals surface area contributed by atoms with E-state index < -0.39 is 0 Å². The van der Waals surface area contributed by atoms with E-state index in [1.54, 1.807) is 43.3 Å². The van der Waals surface area contributed by atoms with E-state index in [9.17, 15) is 4.79 Å². The summed E-state index contributed by atoms with van der Waals surface area (Å²) in [6.45, 7) is 0.567. The molecule has 0 unspecified atom stereocenters. The van der Waals surface area contributed by atoms with Gasteiger partial charge in [0.15, 0.2) is 0 Å². The van der Waals surface area contributed by atoms with Gasteiger partial charge < -0.3 is 9.47 Å². The highest BCUT2D eigenvalue weighted by Gasteiger charge is 2.40. The Balaban J connectivity index is 1.36. The lowest BCUT2D eigenvalue weighted by atomic mass is 10.1. The van der Waals surface area contributed by atoms with Crippen molar-refractivity contribution >= 4 is 11.3 Å². The standard InChI is InChI=1S/C20H22N4O3S/c1-24-20(25)13(3-5-16-10-21-12-28-16)8-19(23-24)27-11-14-7-17(14)18-6-4-15(26-2)9-22-18/h4,6,8-10,12,14,17H,3,5,7,11H2,1-2H3/t14-,17+/m1/s1. The maximum atomic E-state index is 12.3. The highest BCUT2D eigenvalue weighted by molar-refractivity contribution is 7.09. The Morgan fingerprint density at radius 3 is 2.89 bits per heavy atom. The molecule has 1 aliphatic carbocycles. The third-order valence-electron chi connectivity index (χ3n) is 4.98. The van der Waals surface area contributed by atoms with Crippen LogP contribution in [0.2, 0.25) is 0 Å². The molecule has 1 saturated carbocycles. The Hall–Kier alpha value is -2.74. The van der Waals surface area contributed by atoms with E-state index in [0.29, 0.717) is 36.3 Å². The molecule has 146 valence electrons. The molecule has 0 radical (unpaired) electrons. The number of aromatic nitrogens is 4. The molecule has 4 rings (SSSR count). The second kappa shape index (κ2) is 8.10. The number of rotatable bonds is 8. The van der Waals surface area contributed by atoms with Crippen molar-refractivity contribution in [1.82, 2.24) is 19.7 Å². The molecule has 28 heavy (non-hydrogen) atoms. The molecule has 0 saturated heterocycles. The Bertz CT molecular complexity index is 986. The van der Waals surface area contributed by atoms with Crippen LogP contribution in [0.25, 0.3) is 0 Å². The Morgan fingerprint density at radius 2 is 2.18 bits per heavy atom. The second-order valence-corrected chi connectivity index (χ2v) is 7.91. The zero-order valence-corrected chi connectivity index (χ0v) is 16.7. The predicted octanol–water partition coefficient (Wildman–Crippen LogP) is 2.61. The van der Waals surface area contributed by atoms with E-state index in [0.717, 1.165) is 29.2 Å². The maximum absolute atomic E-state index is 12.3. The molecule has 1 aliphatic rings. The van der Waals surface area contributed by atoms with Crippen molar-refractivity contribution in [3.8, 4) is 11.6 Å². The van der Waals surface area contributed by atoms with Crippen molar-refractivity contribution in [2.24, 2.45) is 13.0 Å². The van der Waals surface area contributed by atoms with Gasteiger partial charge in [-0.25, -0.2) is 4.68 Å². The lowest BCUT2D eigenvalue weighted by Gasteiger charge is -2.09. The minimum absolute atomic E-state index is 0.0800. The van der Waals surface area contributed by atoms with Crippen LogP contribution in [0, 0.1) is 5.92 Å². The van der Waals surface area contributed by atoms with Gasteiger partial charge in [0.2, 0.25) is 5.88 Å². The molecular weight excluding hydrogens is 376 g/mol. The SMILES string of the molecule is COc1ccc([C@H]2C[C@@H]2COc2cc(CCc3cncs3)c(=O)n(C)n2)nc1. The maximum Gasteiger partial charge on any atom is 0.269 e. The minimum Gasteiger partial charge on any atom is -0.495 e. The summed E-state index contributed by atoms with van der Waals surface area (Å²) in [5.74, 6) is 2.08. The summed E-state index contributed by atoms with van der Waals surface area (Å²) in [6.07, 6.45) is 6.07. The Morgan fingerprint density at radius 1 is 1.29 bits per heavy atom. The topological polar surface area (TPSA) is 79.1 Å². The quantitative estimate of drug-likeness (QED) is 0.580. The van der Waals surface area contributed by atoms with Gasteiger partial charge in [-0.1, -0.05) is 0 Å². The molecule has 3 aromatic heterocycles. The first-order valence-corrected chi connectivity index (χ1v) is 10.1. The highest BCUT2D eigenvalue weighted by Crippen LogP contribution is 2.46. The third kappa shape index (κ3) is 4.22. The molecule has 0 aromatic carbocycles. The largest absolute Gasteiger partial charge is 0.495 e. The van der Waals surface area contributed by atoms with Gasteiger partial charge in [-0.15, -0.1) is 16.4 Å². The zero-order chi connectivity index (χ0) is 19.5. The molecule has 0 N–H and O–H groups in total. The van der Waals surface area contributed by atoms with Crippen molar-refractivity contribution in [3.63, 3.8) is 0 Å². The molecule has 0 bridgehead atoms. The van der Waals surface area contributed by atoms with Crippen LogP contribution in [0.4, 0.5) is 0 Å². The number of nitrogens with zero attached hydrogens (tertiary/aromatic N) is 4. The van der Waals surface area contributed by atoms with Crippen molar-refractivity contribution in [1.29, 1.82) is 0 Å². The van der Waals surface area contributed by atoms with Gasteiger partial charge in [0.05, 0.1) is 25.4 Å². The summed E-state index contributed by atoms with van der Waals surface area (Å²) in [6, 6.07) is 5.71. The summed E-state index contributed by atoms with van der Waals surface area (Å²) in [7, 11) is 3.29. The molecule has 1 fully saturated rings. The van der Waals surface area contributed by atoms with Crippen LogP contribution < -0.4 is 15.0 Å². The Kier molecular flexibility index (Phi) is 5.38. The average Bonchev–Trinajstić information content (AvgIpc) is 3.30. The zero-order valence-electron chi connectivity index (χ0n) is 15.9. The van der Waals surface area contributed by atoms with Gasteiger partial charge in [0.25, 0.3) is 5.56 Å². The summed E-state index contributed by atoms with van der Waals surface area (Å²) in [5.41, 5.74) is 3.50. The molecule has 0 aliphatic heterocycles. The lowest BCUT2D eigenvalue weighted by molar-refractivity contribution is 0.277. The highest BCUT2D eigenvalue weighted by atomic mass is 32.1. The van der Waals surface area contributed by atoms with E-state index in [1.165, 1.54) is 4.68 Å². The number of thiazole rings is 1. The molecule has 0 spiro atoms. The van der Waals surface area contributed by atoms with Gasteiger partial charge in [0, 0.05) is 47.3 Å². The summed E-state index contributed by atoms with van der Waals surface area (Å²) < 4.78 is 12.4. The first-order valence-electron chi connectivity index (χ1n) is 9.21. The van der Waals surface area contributed by atoms with Gasteiger partial charge in [-0.3, -0.25) is 14.8 Å². The second-order valence-electron chi connectivity index (χ2n) is 6.94. The smallest absolute Gasteiger partial charge is 0.269 e. The normalized spacial score (nSPS) is 18.1. The van der Waals surface area contributed by atoms with E-state index >= 15 is 0 Å². The van der Waals surface area contributed by atoms with Crippen LogP contribution in [0.3, 0.4) is 0 Å². The summed E-state index contributed by atoms with van der Waals surface area (Å²) >= 11 is 1.60. The van der Waals surface area contributed by atoms with E-state index in [1.807, 2.05) is 18.3 Å². The molecule has 3 heterocycles. The number of pyridine rings is 1. The first-order chi connectivity index (χ1) is 13.6. The molecule has 8 heteroatoms. The number of hydrogen-bond donors (Lipinski definition) is 0. The summed E-state index contributed by atoms with van der Waals surface area (Å²) in [5, 5.41) is 4.24. The third-order valence-corrected chi connectivity index (χ3v) is 5.82. The van der Waals surface area contributed by atoms with Crippen LogP contribution in [-0.4, -0.2) is 33.5 Å². The fourth-order valence-corrected chi connectivity index (χ4v) is 3.83. The van der Waals surface area contributed by atoms with E-state index in [4.69, 9.17) is 9.47 Å². The van der Waals surface area contributed by atoms with Crippen molar-refractivity contribution in [3.05, 3.63) is 62.6 Å². The predicted molar refractivity (Wildman–Crippen MR) is 106 cm³/mol. The average molecular weight is 398 g/mol. The minimum atomic E-state index is -0.0800. The van der Waals surface area contributed by atoms with Crippen molar-refractivity contribution in [2.75, 3.05) is 13.7 Å². The fraction of sp³-hybridized carbons (Fsp3) is 0.400. The molecule has 7 nitrogen and oxygen atoms in total. The molecular formula is C20H22N4O3S. The van der Waals surface area contributed by atoms with Crippen LogP contribution in [-0.2, 0) is 19.9 Å². The van der Waals surface area contributed by atoms with Crippen LogP contribution in [0.5, 0.6) is 11.6 Å². The number of hydrogen-bond acceptors (Lipinski definition) is 7. The molecule has 2 atom stereocenters. The van der Waals surface area contributed by atoms with Gasteiger partial charge in [0.1, 0.15) is 5.75 Å². The van der Waals surface area contributed by atoms with Crippen LogP contribution >= 0.6 is 11.3 Å². The van der Waals surface area contributed by atoms with Crippen LogP contribution in [0.15, 0.2) is 40.9 Å². The van der Waals surface area contributed by atoms with E-state index in [-0.39, 0.29) is 5.56 Å². The van der Waals surface area contributed by atoms with Gasteiger partial charge >= 0.3 is 0 Å². The van der Waals surface area contributed by atoms with Crippen molar-refractivity contribution < 1.29 is 9.47 Å². The monoisotopic (exact) mass is 398 g/mol. The Labute approximate surface area is 167 Å². The van der Waals surface area contributed by atoms with Crippen molar-refractivity contribution in [2.45, 2.75) is 25.2 Å². The van der Waals surface area contributed by atoms with Crippen LogP contribution in [0.1, 0.15) is 28.5 Å². The molecule has 0 amide bonds. The number of methoxy groups -OCH3 is 1. The summed E-state index contributed by atoms with van der Waals surface area (Å²) in [4.78, 5) is 22.0. The first kappa shape index (κ1) is 18.6. The number of aryl methyl sites for hydroxylation is 3.